The molecule has 3 rings (SSSR count). The number of hydrogen-bond acceptors (Lipinski definition) is 2. The van der Waals surface area contributed by atoms with E-state index < -0.39 is 53.9 Å². The standard InChI is InChI=1S/C24H22F8O2/c25-10-2-1-3-14-4-6-15(7-5-14)16-11-19(27)22(20(28)12-16)24(31,32)34-17-8-9-21(18(26)13-17)33-23(29)30/h1,3,8-9,11-15,23H,2,4-7,10H2. The molecule has 1 aliphatic rings. The average Bonchev–Trinajstić information content (AvgIpc) is 2.75. The van der Waals surface area contributed by atoms with Crippen LogP contribution in [0.1, 0.15) is 49.1 Å². The fourth-order valence-electron chi connectivity index (χ4n) is 4.04. The summed E-state index contributed by atoms with van der Waals surface area (Å²) >= 11 is 0. The van der Waals surface area contributed by atoms with Gasteiger partial charge in [-0.2, -0.15) is 17.6 Å². The van der Waals surface area contributed by atoms with Gasteiger partial charge in [-0.1, -0.05) is 12.2 Å². The highest BCUT2D eigenvalue weighted by molar-refractivity contribution is 5.35. The van der Waals surface area contributed by atoms with E-state index in [1.807, 2.05) is 6.08 Å². The second-order valence-corrected chi connectivity index (χ2v) is 7.97. The minimum absolute atomic E-state index is 0.227. The van der Waals surface area contributed by atoms with Crippen LogP contribution in [0.3, 0.4) is 0 Å². The van der Waals surface area contributed by atoms with Gasteiger partial charge in [-0.25, -0.2) is 13.2 Å². The van der Waals surface area contributed by atoms with Gasteiger partial charge >= 0.3 is 12.7 Å². The molecule has 0 aromatic heterocycles. The summed E-state index contributed by atoms with van der Waals surface area (Å²) in [4.78, 5) is 0. The summed E-state index contributed by atoms with van der Waals surface area (Å²) in [5, 5.41) is 0. The Morgan fingerprint density at radius 1 is 0.941 bits per heavy atom. The molecule has 0 heterocycles. The molecule has 1 fully saturated rings. The lowest BCUT2D eigenvalue weighted by atomic mass is 9.78. The Kier molecular flexibility index (Phi) is 8.43. The predicted molar refractivity (Wildman–Crippen MR) is 108 cm³/mol. The molecule has 10 heteroatoms. The van der Waals surface area contributed by atoms with E-state index in [0.717, 1.165) is 12.1 Å². The van der Waals surface area contributed by atoms with E-state index in [2.05, 4.69) is 9.47 Å². The molecule has 0 N–H and O–H groups in total. The molecule has 1 saturated carbocycles. The fraction of sp³-hybridized carbons (Fsp3) is 0.417. The monoisotopic (exact) mass is 494 g/mol. The Morgan fingerprint density at radius 2 is 1.59 bits per heavy atom. The minimum Gasteiger partial charge on any atom is -0.432 e. The zero-order valence-corrected chi connectivity index (χ0v) is 17.9. The second-order valence-electron chi connectivity index (χ2n) is 7.97. The van der Waals surface area contributed by atoms with Crippen LogP contribution in [0, 0.1) is 23.4 Å². The zero-order chi connectivity index (χ0) is 24.9. The number of halogens is 8. The molecule has 0 spiro atoms. The summed E-state index contributed by atoms with van der Waals surface area (Å²) in [5.74, 6) is -6.21. The maximum atomic E-state index is 14.6. The summed E-state index contributed by atoms with van der Waals surface area (Å²) in [6, 6.07) is 3.35. The van der Waals surface area contributed by atoms with Gasteiger partial charge in [0.15, 0.2) is 11.6 Å². The Labute approximate surface area is 191 Å². The van der Waals surface area contributed by atoms with E-state index >= 15 is 0 Å². The van der Waals surface area contributed by atoms with Crippen LogP contribution >= 0.6 is 0 Å². The first-order chi connectivity index (χ1) is 16.1. The summed E-state index contributed by atoms with van der Waals surface area (Å²) in [6.45, 7) is -3.78. The lowest BCUT2D eigenvalue weighted by molar-refractivity contribution is -0.189. The number of ether oxygens (including phenoxy) is 2. The van der Waals surface area contributed by atoms with Crippen molar-refractivity contribution < 1.29 is 44.6 Å². The second kappa shape index (κ2) is 11.1. The summed E-state index contributed by atoms with van der Waals surface area (Å²) < 4.78 is 117. The van der Waals surface area contributed by atoms with Crippen LogP contribution < -0.4 is 9.47 Å². The van der Waals surface area contributed by atoms with Gasteiger partial charge in [-0.15, -0.1) is 0 Å². The molecule has 0 unspecified atom stereocenters. The van der Waals surface area contributed by atoms with E-state index in [1.165, 1.54) is 0 Å². The molecular formula is C24H22F8O2. The van der Waals surface area contributed by atoms with Crippen molar-refractivity contribution in [3.63, 3.8) is 0 Å². The normalized spacial score (nSPS) is 19.1. The van der Waals surface area contributed by atoms with Crippen LogP contribution in [-0.2, 0) is 6.11 Å². The van der Waals surface area contributed by atoms with E-state index in [9.17, 15) is 35.1 Å². The summed E-state index contributed by atoms with van der Waals surface area (Å²) in [7, 11) is 0. The van der Waals surface area contributed by atoms with Crippen LogP contribution in [-0.4, -0.2) is 13.3 Å². The summed E-state index contributed by atoms with van der Waals surface area (Å²) in [5.41, 5.74) is -1.41. The molecule has 0 bridgehead atoms. The van der Waals surface area contributed by atoms with Gasteiger partial charge in [0.25, 0.3) is 0 Å². The van der Waals surface area contributed by atoms with Gasteiger partial charge in [0, 0.05) is 6.07 Å². The Balaban J connectivity index is 1.73. The SMILES string of the molecule is FCCC=CC1CCC(c2cc(F)c(C(F)(F)Oc3ccc(OC(F)F)c(F)c3)c(F)c2)CC1. The highest BCUT2D eigenvalue weighted by Gasteiger charge is 2.41. The molecule has 0 atom stereocenters. The quantitative estimate of drug-likeness (QED) is 0.260. The van der Waals surface area contributed by atoms with E-state index in [4.69, 9.17) is 0 Å². The third-order valence-electron chi connectivity index (χ3n) is 5.65. The molecule has 0 aliphatic heterocycles. The first kappa shape index (κ1) is 25.8. The van der Waals surface area contributed by atoms with Crippen molar-refractivity contribution in [3.8, 4) is 11.5 Å². The Bertz CT molecular complexity index is 977. The largest absolute Gasteiger partial charge is 0.432 e. The topological polar surface area (TPSA) is 18.5 Å². The molecule has 2 aromatic rings. The number of alkyl halides is 5. The van der Waals surface area contributed by atoms with Crippen molar-refractivity contribution in [1.82, 2.24) is 0 Å². The minimum atomic E-state index is -4.51. The van der Waals surface area contributed by atoms with Crippen molar-refractivity contribution >= 4 is 0 Å². The number of rotatable bonds is 9. The van der Waals surface area contributed by atoms with Crippen LogP contribution in [0.15, 0.2) is 42.5 Å². The molecule has 0 amide bonds. The van der Waals surface area contributed by atoms with Gasteiger partial charge in [-0.05, 0) is 73.8 Å². The Morgan fingerprint density at radius 3 is 2.15 bits per heavy atom. The first-order valence-corrected chi connectivity index (χ1v) is 10.6. The van der Waals surface area contributed by atoms with Crippen molar-refractivity contribution in [1.29, 1.82) is 0 Å². The van der Waals surface area contributed by atoms with Crippen LogP contribution in [0.2, 0.25) is 0 Å². The average molecular weight is 494 g/mol. The van der Waals surface area contributed by atoms with Crippen LogP contribution in [0.25, 0.3) is 0 Å². The molecule has 34 heavy (non-hydrogen) atoms. The zero-order valence-electron chi connectivity index (χ0n) is 17.9. The fourth-order valence-corrected chi connectivity index (χ4v) is 4.04. The number of benzene rings is 2. The van der Waals surface area contributed by atoms with E-state index in [-0.39, 0.29) is 17.4 Å². The van der Waals surface area contributed by atoms with E-state index in [1.54, 1.807) is 6.08 Å². The van der Waals surface area contributed by atoms with Gasteiger partial charge in [0.1, 0.15) is 22.9 Å². The molecule has 0 saturated heterocycles. The van der Waals surface area contributed by atoms with Crippen LogP contribution in [0.4, 0.5) is 35.1 Å². The van der Waals surface area contributed by atoms with E-state index in [0.29, 0.717) is 50.3 Å². The molecule has 186 valence electrons. The lowest BCUT2D eigenvalue weighted by Crippen LogP contribution is -2.25. The highest BCUT2D eigenvalue weighted by atomic mass is 19.3. The number of hydrogen-bond donors (Lipinski definition) is 0. The Hall–Kier alpha value is -2.78. The first-order valence-electron chi connectivity index (χ1n) is 10.6. The lowest BCUT2D eigenvalue weighted by Gasteiger charge is -2.28. The third-order valence-corrected chi connectivity index (χ3v) is 5.65. The molecular weight excluding hydrogens is 472 g/mol. The van der Waals surface area contributed by atoms with Gasteiger partial charge in [0.05, 0.1) is 6.67 Å². The molecule has 2 nitrogen and oxygen atoms in total. The molecule has 0 radical (unpaired) electrons. The van der Waals surface area contributed by atoms with Crippen molar-refractivity contribution in [2.45, 2.75) is 50.7 Å². The van der Waals surface area contributed by atoms with Gasteiger partial charge < -0.3 is 9.47 Å². The van der Waals surface area contributed by atoms with Crippen molar-refractivity contribution in [2.24, 2.45) is 5.92 Å². The summed E-state index contributed by atoms with van der Waals surface area (Å²) in [6.07, 6.45) is 2.10. The maximum Gasteiger partial charge on any atom is 0.432 e. The predicted octanol–water partition coefficient (Wildman–Crippen LogP) is 8.02. The highest BCUT2D eigenvalue weighted by Crippen LogP contribution is 2.40. The number of allylic oxidation sites excluding steroid dienone is 2. The van der Waals surface area contributed by atoms with Crippen molar-refractivity contribution in [3.05, 3.63) is 71.1 Å². The molecule has 1 aliphatic carbocycles. The molecule has 2 aromatic carbocycles. The maximum absolute atomic E-state index is 14.6. The van der Waals surface area contributed by atoms with Crippen molar-refractivity contribution in [2.75, 3.05) is 6.67 Å². The third kappa shape index (κ3) is 6.42. The van der Waals surface area contributed by atoms with Crippen LogP contribution in [0.5, 0.6) is 11.5 Å². The van der Waals surface area contributed by atoms with Gasteiger partial charge in [0.2, 0.25) is 0 Å². The smallest absolute Gasteiger partial charge is 0.432 e. The van der Waals surface area contributed by atoms with Gasteiger partial charge in [-0.3, -0.25) is 4.39 Å².